The highest BCUT2D eigenvalue weighted by Gasteiger charge is 2.48. The van der Waals surface area contributed by atoms with Gasteiger partial charge in [-0.2, -0.15) is 0 Å². The second-order valence-corrected chi connectivity index (χ2v) is 7.24. The van der Waals surface area contributed by atoms with Crippen LogP contribution in [-0.4, -0.2) is 40.6 Å². The molecule has 108 valence electrons. The van der Waals surface area contributed by atoms with E-state index in [1.54, 1.807) is 4.90 Å². The van der Waals surface area contributed by atoms with Crippen molar-refractivity contribution in [1.29, 1.82) is 0 Å². The predicted octanol–water partition coefficient (Wildman–Crippen LogP) is 2.33. The highest BCUT2D eigenvalue weighted by Crippen LogP contribution is 2.43. The van der Waals surface area contributed by atoms with Crippen molar-refractivity contribution < 1.29 is 19.4 Å². The van der Waals surface area contributed by atoms with E-state index in [0.717, 1.165) is 27.1 Å². The maximum atomic E-state index is 12.1. The highest BCUT2D eigenvalue weighted by atomic mass is 79.9. The fraction of sp³-hybridized carbons (Fsp3) is 0.538. The average molecular weight is 360 g/mol. The number of aliphatic carboxylic acids is 1. The molecule has 0 radical (unpaired) electrons. The van der Waals surface area contributed by atoms with E-state index in [0.29, 0.717) is 0 Å². The lowest BCUT2D eigenvalue weighted by Crippen LogP contribution is -2.52. The van der Waals surface area contributed by atoms with Crippen LogP contribution in [0.4, 0.5) is 0 Å². The van der Waals surface area contributed by atoms with Crippen LogP contribution in [0, 0.1) is 6.92 Å². The molecule has 0 bridgehead atoms. The van der Waals surface area contributed by atoms with Gasteiger partial charge in [-0.25, -0.2) is 4.79 Å². The van der Waals surface area contributed by atoms with Crippen LogP contribution >= 0.6 is 27.3 Å². The Morgan fingerprint density at radius 1 is 1.55 bits per heavy atom. The van der Waals surface area contributed by atoms with Gasteiger partial charge in [0.05, 0.1) is 0 Å². The third-order valence-corrected chi connectivity index (χ3v) is 5.82. The normalized spacial score (nSPS) is 26.9. The van der Waals surface area contributed by atoms with E-state index in [1.807, 2.05) is 13.0 Å². The smallest absolute Gasteiger partial charge is 0.335 e. The number of hydrogen-bond acceptors (Lipinski definition) is 4. The van der Waals surface area contributed by atoms with E-state index in [9.17, 15) is 14.7 Å². The number of aryl methyl sites for hydroxylation is 1. The zero-order valence-corrected chi connectivity index (χ0v) is 13.2. The molecule has 2 atom stereocenters. The van der Waals surface area contributed by atoms with Crippen molar-refractivity contribution in [2.24, 2.45) is 0 Å². The van der Waals surface area contributed by atoms with E-state index in [2.05, 4.69) is 15.9 Å². The number of carbonyl (C=O) groups excluding carboxylic acids is 1. The van der Waals surface area contributed by atoms with E-state index < -0.39 is 18.1 Å². The Bertz CT molecular complexity index is 549. The molecule has 3 rings (SSSR count). The van der Waals surface area contributed by atoms with Gasteiger partial charge < -0.3 is 14.7 Å². The van der Waals surface area contributed by atoms with Crippen LogP contribution in [0.25, 0.3) is 0 Å². The van der Waals surface area contributed by atoms with Crippen LogP contribution in [0.1, 0.15) is 28.6 Å². The van der Waals surface area contributed by atoms with E-state index in [4.69, 9.17) is 4.74 Å². The summed E-state index contributed by atoms with van der Waals surface area (Å²) in [5.74, 6) is -1.13. The molecule has 1 aromatic rings. The number of nitrogens with zero attached hydrogens (tertiary/aromatic N) is 1. The molecule has 2 fully saturated rings. The van der Waals surface area contributed by atoms with Gasteiger partial charge in [-0.15, -0.1) is 11.3 Å². The number of halogens is 1. The van der Waals surface area contributed by atoms with Gasteiger partial charge in [0.1, 0.15) is 12.6 Å². The van der Waals surface area contributed by atoms with Crippen molar-refractivity contribution in [3.05, 3.63) is 20.3 Å². The van der Waals surface area contributed by atoms with Gasteiger partial charge in [-0.3, -0.25) is 4.79 Å². The van der Waals surface area contributed by atoms with Crippen molar-refractivity contribution in [2.45, 2.75) is 38.0 Å². The summed E-state index contributed by atoms with van der Waals surface area (Å²) in [6.07, 6.45) is 0.901. The molecule has 1 saturated carbocycles. The van der Waals surface area contributed by atoms with Crippen LogP contribution in [0.15, 0.2) is 10.5 Å². The number of carbonyl (C=O) groups is 2. The summed E-state index contributed by atoms with van der Waals surface area (Å²) in [6.45, 7) is 1.82. The van der Waals surface area contributed by atoms with Crippen LogP contribution < -0.4 is 0 Å². The van der Waals surface area contributed by atoms with E-state index in [-0.39, 0.29) is 18.6 Å². The van der Waals surface area contributed by atoms with Crippen LogP contribution in [-0.2, 0) is 14.3 Å². The van der Waals surface area contributed by atoms with Gasteiger partial charge in [-0.1, -0.05) is 0 Å². The molecule has 2 unspecified atom stereocenters. The summed E-state index contributed by atoms with van der Waals surface area (Å²) >= 11 is 4.95. The second-order valence-electron chi connectivity index (χ2n) is 5.10. The van der Waals surface area contributed by atoms with Gasteiger partial charge in [0.15, 0.2) is 6.10 Å². The molecular weight excluding hydrogens is 346 g/mol. The number of ether oxygens (including phenoxy) is 1. The molecule has 0 spiro atoms. The molecule has 7 heteroatoms. The average Bonchev–Trinajstić information content (AvgIpc) is 3.16. The topological polar surface area (TPSA) is 66.8 Å². The Balaban J connectivity index is 2.02. The zero-order chi connectivity index (χ0) is 14.4. The third kappa shape index (κ3) is 2.38. The number of morpholine rings is 1. The summed E-state index contributed by atoms with van der Waals surface area (Å²) in [7, 11) is 0. The van der Waals surface area contributed by atoms with Crippen LogP contribution in [0.3, 0.4) is 0 Å². The molecule has 2 heterocycles. The maximum absolute atomic E-state index is 12.1. The summed E-state index contributed by atoms with van der Waals surface area (Å²) in [5, 5.41) is 9.38. The fourth-order valence-corrected chi connectivity index (χ4v) is 4.22. The first kappa shape index (κ1) is 14.0. The van der Waals surface area contributed by atoms with Crippen molar-refractivity contribution in [3.8, 4) is 0 Å². The Labute approximate surface area is 128 Å². The lowest BCUT2D eigenvalue weighted by atomic mass is 10.0. The number of amides is 1. The van der Waals surface area contributed by atoms with Crippen molar-refractivity contribution >= 4 is 39.1 Å². The van der Waals surface area contributed by atoms with Crippen molar-refractivity contribution in [3.63, 3.8) is 0 Å². The highest BCUT2D eigenvalue weighted by molar-refractivity contribution is 9.10. The molecule has 1 amide bonds. The van der Waals surface area contributed by atoms with Crippen LogP contribution in [0.2, 0.25) is 0 Å². The first-order valence-electron chi connectivity index (χ1n) is 6.40. The SMILES string of the molecule is Cc1sc(C2C(C(=O)O)OCC(=O)N2C2CC2)cc1Br. The Kier molecular flexibility index (Phi) is 3.60. The number of rotatable bonds is 3. The number of hydrogen-bond donors (Lipinski definition) is 1. The molecular formula is C13H14BrNO4S. The molecule has 1 N–H and O–H groups in total. The Morgan fingerprint density at radius 2 is 2.25 bits per heavy atom. The van der Waals surface area contributed by atoms with Gasteiger partial charge >= 0.3 is 5.97 Å². The van der Waals surface area contributed by atoms with Gasteiger partial charge in [0.2, 0.25) is 5.91 Å². The first-order valence-corrected chi connectivity index (χ1v) is 8.01. The van der Waals surface area contributed by atoms with Crippen molar-refractivity contribution in [1.82, 2.24) is 4.90 Å². The number of carboxylic acid groups (broad SMARTS) is 1. The van der Waals surface area contributed by atoms with Crippen LogP contribution in [0.5, 0.6) is 0 Å². The molecule has 1 saturated heterocycles. The molecule has 0 aromatic carbocycles. The van der Waals surface area contributed by atoms with E-state index >= 15 is 0 Å². The maximum Gasteiger partial charge on any atom is 0.335 e. The second kappa shape index (κ2) is 5.13. The number of carboxylic acids is 1. The summed E-state index contributed by atoms with van der Waals surface area (Å²) < 4.78 is 6.22. The monoisotopic (exact) mass is 359 g/mol. The minimum absolute atomic E-state index is 0.114. The largest absolute Gasteiger partial charge is 0.479 e. The van der Waals surface area contributed by atoms with Gasteiger partial charge in [-0.05, 0) is 41.8 Å². The van der Waals surface area contributed by atoms with Crippen molar-refractivity contribution in [2.75, 3.05) is 6.61 Å². The minimum Gasteiger partial charge on any atom is -0.479 e. The molecule has 1 aliphatic carbocycles. The summed E-state index contributed by atoms with van der Waals surface area (Å²) in [5.41, 5.74) is 0. The Morgan fingerprint density at radius 3 is 2.75 bits per heavy atom. The lowest BCUT2D eigenvalue weighted by Gasteiger charge is -2.39. The Hall–Kier alpha value is -0.920. The fourth-order valence-electron chi connectivity index (χ4n) is 2.53. The summed E-state index contributed by atoms with van der Waals surface area (Å²) in [4.78, 5) is 27.2. The lowest BCUT2D eigenvalue weighted by molar-refractivity contribution is -0.173. The first-order chi connectivity index (χ1) is 9.49. The third-order valence-electron chi connectivity index (χ3n) is 3.61. The molecule has 1 aromatic heterocycles. The van der Waals surface area contributed by atoms with E-state index in [1.165, 1.54) is 11.3 Å². The standard InChI is InChI=1S/C13H14BrNO4S/c1-6-8(14)4-9(20-6)11-12(13(17)18)19-5-10(16)15(11)7-2-3-7/h4,7,11-12H,2-3,5H2,1H3,(H,17,18). The minimum atomic E-state index is -1.02. The predicted molar refractivity (Wildman–Crippen MR) is 76.7 cm³/mol. The zero-order valence-electron chi connectivity index (χ0n) is 10.8. The molecule has 5 nitrogen and oxygen atoms in total. The summed E-state index contributed by atoms with van der Waals surface area (Å²) in [6, 6.07) is 1.55. The number of thiophene rings is 1. The molecule has 2 aliphatic rings. The molecule has 20 heavy (non-hydrogen) atoms. The molecule has 1 aliphatic heterocycles. The van der Waals surface area contributed by atoms with Gasteiger partial charge in [0.25, 0.3) is 0 Å². The quantitative estimate of drug-likeness (QED) is 0.899. The van der Waals surface area contributed by atoms with Gasteiger partial charge in [0, 0.05) is 20.3 Å².